The summed E-state index contributed by atoms with van der Waals surface area (Å²) in [7, 11) is 0. The molecule has 0 unspecified atom stereocenters. The molecule has 1 aliphatic carbocycles. The van der Waals surface area contributed by atoms with Crippen LogP contribution in [-0.2, 0) is 0 Å². The lowest BCUT2D eigenvalue weighted by molar-refractivity contribution is 0.127. The maximum Gasteiger partial charge on any atom is 0.159 e. The van der Waals surface area contributed by atoms with Crippen LogP contribution < -0.4 is 4.74 Å². The second-order valence-corrected chi connectivity index (χ2v) is 5.51. The maximum atomic E-state index is 6.10. The standard InChI is InChI=1S/C12H14OS/c1-4-8-12(9-5-1)13-10-6-2-3-7-11(10)14-12/h2-3,6-7H,1,4-5,8-9H2. The van der Waals surface area contributed by atoms with Crippen LogP contribution in [0.25, 0.3) is 0 Å². The van der Waals surface area contributed by atoms with Crippen LogP contribution in [0.4, 0.5) is 0 Å². The van der Waals surface area contributed by atoms with E-state index in [1.54, 1.807) is 0 Å². The van der Waals surface area contributed by atoms with E-state index in [0.717, 1.165) is 5.75 Å². The van der Waals surface area contributed by atoms with Gasteiger partial charge in [-0.25, -0.2) is 0 Å². The van der Waals surface area contributed by atoms with Crippen molar-refractivity contribution in [3.05, 3.63) is 24.3 Å². The lowest BCUT2D eigenvalue weighted by Crippen LogP contribution is -2.31. The third-order valence-electron chi connectivity index (χ3n) is 3.06. The fraction of sp³-hybridized carbons (Fsp3) is 0.500. The van der Waals surface area contributed by atoms with Gasteiger partial charge in [-0.15, -0.1) is 0 Å². The summed E-state index contributed by atoms with van der Waals surface area (Å²) in [6.45, 7) is 0. The highest BCUT2D eigenvalue weighted by atomic mass is 32.2. The van der Waals surface area contributed by atoms with Gasteiger partial charge in [0.2, 0.25) is 0 Å². The van der Waals surface area contributed by atoms with Crippen LogP contribution >= 0.6 is 11.8 Å². The Balaban J connectivity index is 1.89. The van der Waals surface area contributed by atoms with Crippen molar-refractivity contribution in [3.8, 4) is 5.75 Å². The van der Waals surface area contributed by atoms with Crippen molar-refractivity contribution in [1.29, 1.82) is 0 Å². The molecule has 0 amide bonds. The fourth-order valence-electron chi connectivity index (χ4n) is 2.33. The average molecular weight is 206 g/mol. The molecule has 1 aliphatic heterocycles. The number of fused-ring (bicyclic) bond motifs is 1. The van der Waals surface area contributed by atoms with E-state index >= 15 is 0 Å². The van der Waals surface area contributed by atoms with E-state index in [0.29, 0.717) is 0 Å². The summed E-state index contributed by atoms with van der Waals surface area (Å²) in [4.78, 5) is 1.43. The zero-order chi connectivity index (χ0) is 9.43. The van der Waals surface area contributed by atoms with Crippen molar-refractivity contribution in [2.75, 3.05) is 0 Å². The Kier molecular flexibility index (Phi) is 1.98. The van der Waals surface area contributed by atoms with Crippen LogP contribution in [-0.4, -0.2) is 4.93 Å². The fourth-order valence-corrected chi connectivity index (χ4v) is 3.72. The van der Waals surface area contributed by atoms with Gasteiger partial charge in [0.1, 0.15) is 5.75 Å². The Morgan fingerprint density at radius 3 is 2.64 bits per heavy atom. The summed E-state index contributed by atoms with van der Waals surface area (Å²) < 4.78 is 6.10. The van der Waals surface area contributed by atoms with Gasteiger partial charge in [0.15, 0.2) is 4.93 Å². The summed E-state index contributed by atoms with van der Waals surface area (Å²) in [5, 5.41) is 0. The molecule has 74 valence electrons. The minimum atomic E-state index is 0.0991. The number of benzene rings is 1. The van der Waals surface area contributed by atoms with Crippen molar-refractivity contribution >= 4 is 11.8 Å². The van der Waals surface area contributed by atoms with Gasteiger partial charge in [-0.1, -0.05) is 30.3 Å². The zero-order valence-electron chi connectivity index (χ0n) is 8.16. The largest absolute Gasteiger partial charge is 0.475 e. The summed E-state index contributed by atoms with van der Waals surface area (Å²) >= 11 is 1.94. The Labute approximate surface area is 88.8 Å². The minimum Gasteiger partial charge on any atom is -0.475 e. The first-order chi connectivity index (χ1) is 6.88. The first kappa shape index (κ1) is 8.66. The molecule has 1 aromatic carbocycles. The van der Waals surface area contributed by atoms with Crippen LogP contribution in [0, 0.1) is 0 Å². The molecule has 1 aromatic rings. The summed E-state index contributed by atoms with van der Waals surface area (Å²) in [5.41, 5.74) is 0. The normalized spacial score (nSPS) is 23.1. The van der Waals surface area contributed by atoms with Gasteiger partial charge in [0.05, 0.1) is 4.90 Å². The molecule has 0 atom stereocenters. The quantitative estimate of drug-likeness (QED) is 0.638. The van der Waals surface area contributed by atoms with E-state index in [4.69, 9.17) is 4.74 Å². The van der Waals surface area contributed by atoms with Gasteiger partial charge in [-0.2, -0.15) is 0 Å². The average Bonchev–Trinajstić information content (AvgIpc) is 2.56. The molecule has 14 heavy (non-hydrogen) atoms. The number of hydrogen-bond donors (Lipinski definition) is 0. The van der Waals surface area contributed by atoms with Crippen LogP contribution in [0.5, 0.6) is 5.75 Å². The molecule has 0 radical (unpaired) electrons. The van der Waals surface area contributed by atoms with Crippen LogP contribution in [0.1, 0.15) is 32.1 Å². The topological polar surface area (TPSA) is 9.23 Å². The molecule has 0 saturated heterocycles. The van der Waals surface area contributed by atoms with Gasteiger partial charge in [-0.05, 0) is 37.8 Å². The lowest BCUT2D eigenvalue weighted by Gasteiger charge is -2.31. The highest BCUT2D eigenvalue weighted by Crippen LogP contribution is 2.53. The SMILES string of the molecule is c1ccc2c(c1)OC1(CCCCC1)S2. The molecular formula is C12H14OS. The smallest absolute Gasteiger partial charge is 0.159 e. The molecule has 1 nitrogen and oxygen atoms in total. The van der Waals surface area contributed by atoms with Crippen molar-refractivity contribution in [2.45, 2.75) is 41.9 Å². The van der Waals surface area contributed by atoms with Crippen LogP contribution in [0.3, 0.4) is 0 Å². The first-order valence-electron chi connectivity index (χ1n) is 5.35. The number of rotatable bonds is 0. The highest BCUT2D eigenvalue weighted by molar-refractivity contribution is 8.00. The molecule has 2 heteroatoms. The van der Waals surface area contributed by atoms with Gasteiger partial charge in [-0.3, -0.25) is 0 Å². The Bertz CT molecular complexity index is 315. The summed E-state index contributed by atoms with van der Waals surface area (Å²) in [6.07, 6.45) is 6.45. The van der Waals surface area contributed by atoms with E-state index in [1.807, 2.05) is 11.8 Å². The third kappa shape index (κ3) is 1.33. The molecule has 1 heterocycles. The summed E-state index contributed by atoms with van der Waals surface area (Å²) in [5.74, 6) is 1.10. The second kappa shape index (κ2) is 3.20. The minimum absolute atomic E-state index is 0.0991. The molecule has 2 aliphatic rings. The van der Waals surface area contributed by atoms with Crippen LogP contribution in [0.2, 0.25) is 0 Å². The van der Waals surface area contributed by atoms with Crippen molar-refractivity contribution in [2.24, 2.45) is 0 Å². The molecule has 1 fully saturated rings. The third-order valence-corrected chi connectivity index (χ3v) is 4.48. The Morgan fingerprint density at radius 1 is 1.07 bits per heavy atom. The maximum absolute atomic E-state index is 6.10. The molecule has 3 rings (SSSR count). The predicted octanol–water partition coefficient (Wildman–Crippen LogP) is 3.83. The summed E-state index contributed by atoms with van der Waals surface area (Å²) in [6, 6.07) is 8.41. The van der Waals surface area contributed by atoms with Gasteiger partial charge < -0.3 is 4.74 Å². The predicted molar refractivity (Wildman–Crippen MR) is 58.7 cm³/mol. The molecule has 1 saturated carbocycles. The van der Waals surface area contributed by atoms with E-state index in [2.05, 4.69) is 24.3 Å². The number of ether oxygens (including phenoxy) is 1. The molecule has 0 aromatic heterocycles. The Morgan fingerprint density at radius 2 is 1.86 bits per heavy atom. The monoisotopic (exact) mass is 206 g/mol. The zero-order valence-corrected chi connectivity index (χ0v) is 8.98. The Hall–Kier alpha value is -0.630. The molecule has 1 spiro atoms. The molecular weight excluding hydrogens is 192 g/mol. The molecule has 0 bridgehead atoms. The van der Waals surface area contributed by atoms with Crippen LogP contribution in [0.15, 0.2) is 29.2 Å². The lowest BCUT2D eigenvalue weighted by atomic mass is 9.97. The van der Waals surface area contributed by atoms with E-state index in [-0.39, 0.29) is 4.93 Å². The number of hydrogen-bond acceptors (Lipinski definition) is 2. The van der Waals surface area contributed by atoms with Crippen molar-refractivity contribution in [1.82, 2.24) is 0 Å². The number of para-hydroxylation sites is 1. The van der Waals surface area contributed by atoms with E-state index in [9.17, 15) is 0 Å². The van der Waals surface area contributed by atoms with Crippen molar-refractivity contribution in [3.63, 3.8) is 0 Å². The van der Waals surface area contributed by atoms with E-state index in [1.165, 1.54) is 37.0 Å². The highest BCUT2D eigenvalue weighted by Gasteiger charge is 2.40. The second-order valence-electron chi connectivity index (χ2n) is 4.12. The van der Waals surface area contributed by atoms with E-state index < -0.39 is 0 Å². The van der Waals surface area contributed by atoms with Crippen molar-refractivity contribution < 1.29 is 4.74 Å². The van der Waals surface area contributed by atoms with Gasteiger partial charge in [0.25, 0.3) is 0 Å². The number of thioether (sulfide) groups is 1. The molecule has 0 N–H and O–H groups in total. The van der Waals surface area contributed by atoms with Gasteiger partial charge >= 0.3 is 0 Å². The van der Waals surface area contributed by atoms with Gasteiger partial charge in [0, 0.05) is 0 Å². The first-order valence-corrected chi connectivity index (χ1v) is 6.17.